The SMILES string of the molecule is CN(CC(=O)NC1CCCC1)CC1CCCNC1. The van der Waals surface area contributed by atoms with E-state index in [1.165, 1.54) is 38.5 Å². The lowest BCUT2D eigenvalue weighted by Gasteiger charge is -2.27. The third-order valence-corrected chi connectivity index (χ3v) is 4.10. The molecule has 2 aliphatic rings. The molecule has 1 unspecified atom stereocenters. The number of rotatable bonds is 5. The highest BCUT2D eigenvalue weighted by molar-refractivity contribution is 5.78. The van der Waals surface area contributed by atoms with E-state index in [9.17, 15) is 4.79 Å². The molecule has 2 fully saturated rings. The quantitative estimate of drug-likeness (QED) is 0.767. The van der Waals surface area contributed by atoms with Gasteiger partial charge in [-0.2, -0.15) is 0 Å². The zero-order chi connectivity index (χ0) is 12.8. The summed E-state index contributed by atoms with van der Waals surface area (Å²) >= 11 is 0. The lowest BCUT2D eigenvalue weighted by molar-refractivity contribution is -0.122. The number of amides is 1. The van der Waals surface area contributed by atoms with Crippen LogP contribution >= 0.6 is 0 Å². The van der Waals surface area contributed by atoms with Gasteiger partial charge in [0.1, 0.15) is 0 Å². The maximum atomic E-state index is 11.9. The average molecular weight is 253 g/mol. The van der Waals surface area contributed by atoms with E-state index in [-0.39, 0.29) is 5.91 Å². The number of nitrogens with one attached hydrogen (secondary N) is 2. The molecule has 1 aliphatic heterocycles. The minimum Gasteiger partial charge on any atom is -0.352 e. The first-order valence-electron chi connectivity index (χ1n) is 7.42. The summed E-state index contributed by atoms with van der Waals surface area (Å²) in [5, 5.41) is 6.58. The van der Waals surface area contributed by atoms with Crippen molar-refractivity contribution in [3.63, 3.8) is 0 Å². The average Bonchev–Trinajstić information content (AvgIpc) is 2.82. The second-order valence-corrected chi connectivity index (χ2v) is 5.96. The largest absolute Gasteiger partial charge is 0.352 e. The van der Waals surface area contributed by atoms with Crippen LogP contribution in [0.1, 0.15) is 38.5 Å². The molecule has 1 atom stereocenters. The van der Waals surface area contributed by atoms with E-state index < -0.39 is 0 Å². The highest BCUT2D eigenvalue weighted by Crippen LogP contribution is 2.17. The van der Waals surface area contributed by atoms with E-state index >= 15 is 0 Å². The second-order valence-electron chi connectivity index (χ2n) is 5.96. The Morgan fingerprint density at radius 1 is 1.28 bits per heavy atom. The van der Waals surface area contributed by atoms with Gasteiger partial charge in [0.2, 0.25) is 5.91 Å². The number of hydrogen-bond acceptors (Lipinski definition) is 3. The Balaban J connectivity index is 1.62. The first-order chi connectivity index (χ1) is 8.74. The number of carbonyl (C=O) groups is 1. The molecule has 1 aliphatic carbocycles. The minimum atomic E-state index is 0.202. The molecule has 1 saturated carbocycles. The number of carbonyl (C=O) groups excluding carboxylic acids is 1. The summed E-state index contributed by atoms with van der Waals surface area (Å²) in [5.74, 6) is 0.913. The molecule has 1 heterocycles. The molecule has 0 aromatic rings. The van der Waals surface area contributed by atoms with Gasteiger partial charge in [0.05, 0.1) is 6.54 Å². The fourth-order valence-electron chi connectivity index (χ4n) is 3.17. The van der Waals surface area contributed by atoms with Crippen molar-refractivity contribution in [3.05, 3.63) is 0 Å². The van der Waals surface area contributed by atoms with Gasteiger partial charge in [-0.1, -0.05) is 12.8 Å². The Bertz CT molecular complexity index is 258. The van der Waals surface area contributed by atoms with Crippen LogP contribution in [0.5, 0.6) is 0 Å². The van der Waals surface area contributed by atoms with Crippen LogP contribution in [0.15, 0.2) is 0 Å². The molecule has 1 saturated heterocycles. The number of likely N-dealkylation sites (N-methyl/N-ethyl adjacent to an activating group) is 1. The first kappa shape index (κ1) is 13.8. The van der Waals surface area contributed by atoms with Gasteiger partial charge in [-0.05, 0) is 51.7 Å². The standard InChI is InChI=1S/C14H27N3O/c1-17(10-12-5-4-8-15-9-12)11-14(18)16-13-6-2-3-7-13/h12-13,15H,2-11H2,1H3,(H,16,18). The van der Waals surface area contributed by atoms with Gasteiger partial charge >= 0.3 is 0 Å². The van der Waals surface area contributed by atoms with Gasteiger partial charge in [0, 0.05) is 12.6 Å². The van der Waals surface area contributed by atoms with E-state index in [2.05, 4.69) is 22.6 Å². The van der Waals surface area contributed by atoms with E-state index in [1.54, 1.807) is 0 Å². The summed E-state index contributed by atoms with van der Waals surface area (Å²) in [5.41, 5.74) is 0. The van der Waals surface area contributed by atoms with E-state index in [0.29, 0.717) is 18.5 Å². The molecular formula is C14H27N3O. The lowest BCUT2D eigenvalue weighted by Crippen LogP contribution is -2.43. The molecule has 18 heavy (non-hydrogen) atoms. The van der Waals surface area contributed by atoms with Gasteiger partial charge in [-0.15, -0.1) is 0 Å². The second kappa shape index (κ2) is 7.10. The van der Waals surface area contributed by atoms with Crippen molar-refractivity contribution in [2.75, 3.05) is 33.2 Å². The summed E-state index contributed by atoms with van der Waals surface area (Å²) in [6, 6.07) is 0.447. The van der Waals surface area contributed by atoms with Crippen molar-refractivity contribution in [3.8, 4) is 0 Å². The Morgan fingerprint density at radius 2 is 2.06 bits per heavy atom. The molecule has 2 rings (SSSR count). The molecule has 104 valence electrons. The minimum absolute atomic E-state index is 0.202. The molecule has 0 spiro atoms. The van der Waals surface area contributed by atoms with Gasteiger partial charge in [-0.25, -0.2) is 0 Å². The lowest BCUT2D eigenvalue weighted by atomic mass is 9.99. The van der Waals surface area contributed by atoms with Gasteiger partial charge < -0.3 is 10.6 Å². The van der Waals surface area contributed by atoms with Crippen LogP contribution in [0.3, 0.4) is 0 Å². The van der Waals surface area contributed by atoms with E-state index in [4.69, 9.17) is 0 Å². The molecule has 0 aromatic carbocycles. The molecule has 2 N–H and O–H groups in total. The van der Waals surface area contributed by atoms with Gasteiger partial charge in [-0.3, -0.25) is 9.69 Å². The van der Waals surface area contributed by atoms with Crippen molar-refractivity contribution in [1.82, 2.24) is 15.5 Å². The van der Waals surface area contributed by atoms with Crippen LogP contribution in [-0.2, 0) is 4.79 Å². The maximum Gasteiger partial charge on any atom is 0.234 e. The predicted molar refractivity (Wildman–Crippen MR) is 73.5 cm³/mol. The summed E-state index contributed by atoms with van der Waals surface area (Å²) in [6.07, 6.45) is 7.45. The Hall–Kier alpha value is -0.610. The highest BCUT2D eigenvalue weighted by Gasteiger charge is 2.19. The van der Waals surface area contributed by atoms with Crippen molar-refractivity contribution in [1.29, 1.82) is 0 Å². The third-order valence-electron chi connectivity index (χ3n) is 4.10. The van der Waals surface area contributed by atoms with Crippen molar-refractivity contribution in [2.45, 2.75) is 44.6 Å². The number of hydrogen-bond donors (Lipinski definition) is 2. The molecule has 1 amide bonds. The Labute approximate surface area is 110 Å². The van der Waals surface area contributed by atoms with Crippen LogP contribution in [0.2, 0.25) is 0 Å². The normalized spacial score (nSPS) is 25.6. The monoisotopic (exact) mass is 253 g/mol. The predicted octanol–water partition coefficient (Wildman–Crippen LogP) is 0.977. The zero-order valence-corrected chi connectivity index (χ0v) is 11.6. The molecule has 0 radical (unpaired) electrons. The van der Waals surface area contributed by atoms with Gasteiger partial charge in [0.15, 0.2) is 0 Å². The molecule has 0 aromatic heterocycles. The first-order valence-corrected chi connectivity index (χ1v) is 7.42. The molecule has 4 nitrogen and oxygen atoms in total. The Morgan fingerprint density at radius 3 is 2.72 bits per heavy atom. The smallest absolute Gasteiger partial charge is 0.234 e. The zero-order valence-electron chi connectivity index (χ0n) is 11.6. The molecule has 4 heteroatoms. The van der Waals surface area contributed by atoms with Crippen molar-refractivity contribution in [2.24, 2.45) is 5.92 Å². The summed E-state index contributed by atoms with van der Waals surface area (Å²) < 4.78 is 0. The summed E-state index contributed by atoms with van der Waals surface area (Å²) in [6.45, 7) is 3.84. The van der Waals surface area contributed by atoms with Crippen LogP contribution in [-0.4, -0.2) is 50.1 Å². The molecular weight excluding hydrogens is 226 g/mol. The van der Waals surface area contributed by atoms with Crippen molar-refractivity contribution >= 4 is 5.91 Å². The van der Waals surface area contributed by atoms with Crippen LogP contribution in [0.25, 0.3) is 0 Å². The highest BCUT2D eigenvalue weighted by atomic mass is 16.2. The summed E-state index contributed by atoms with van der Waals surface area (Å²) in [7, 11) is 2.06. The van der Waals surface area contributed by atoms with Crippen molar-refractivity contribution < 1.29 is 4.79 Å². The third kappa shape index (κ3) is 4.58. The Kier molecular flexibility index (Phi) is 5.45. The number of piperidine rings is 1. The van der Waals surface area contributed by atoms with E-state index in [1.807, 2.05) is 0 Å². The fraction of sp³-hybridized carbons (Fsp3) is 0.929. The maximum absolute atomic E-state index is 11.9. The summed E-state index contributed by atoms with van der Waals surface area (Å²) in [4.78, 5) is 14.1. The van der Waals surface area contributed by atoms with Gasteiger partial charge in [0.25, 0.3) is 0 Å². The van der Waals surface area contributed by atoms with Crippen LogP contribution < -0.4 is 10.6 Å². The number of nitrogens with zero attached hydrogens (tertiary/aromatic N) is 1. The topological polar surface area (TPSA) is 44.4 Å². The van der Waals surface area contributed by atoms with E-state index in [0.717, 1.165) is 19.6 Å². The fourth-order valence-corrected chi connectivity index (χ4v) is 3.17. The van der Waals surface area contributed by atoms with Crippen LogP contribution in [0.4, 0.5) is 0 Å². The van der Waals surface area contributed by atoms with Crippen LogP contribution in [0, 0.1) is 5.92 Å². The molecule has 0 bridgehead atoms.